The molecule has 0 aliphatic rings. The van der Waals surface area contributed by atoms with Gasteiger partial charge in [0.2, 0.25) is 0 Å². The lowest BCUT2D eigenvalue weighted by atomic mass is 10.3. The second-order valence-electron chi connectivity index (χ2n) is 3.28. The van der Waals surface area contributed by atoms with E-state index in [2.05, 4.69) is 5.10 Å². The van der Waals surface area contributed by atoms with E-state index in [0.717, 1.165) is 5.69 Å². The molecule has 0 unspecified atom stereocenters. The number of nitrogens with zero attached hydrogens (tertiary/aromatic N) is 2. The van der Waals surface area contributed by atoms with Gasteiger partial charge in [-0.3, -0.25) is 0 Å². The molecule has 0 amide bonds. The van der Waals surface area contributed by atoms with Crippen LogP contribution in [0.4, 0.5) is 0 Å². The van der Waals surface area contributed by atoms with Crippen molar-refractivity contribution in [2.45, 2.75) is 0 Å². The lowest BCUT2D eigenvalue weighted by Gasteiger charge is -2.01. The first-order chi connectivity index (χ1) is 7.79. The Balaban J connectivity index is 2.18. The van der Waals surface area contributed by atoms with Crippen LogP contribution in [-0.4, -0.2) is 28.0 Å². The van der Waals surface area contributed by atoms with Gasteiger partial charge in [-0.1, -0.05) is 6.07 Å². The summed E-state index contributed by atoms with van der Waals surface area (Å²) in [6, 6.07) is 6.84. The van der Waals surface area contributed by atoms with Crippen LogP contribution >= 0.6 is 0 Å². The van der Waals surface area contributed by atoms with Crippen LogP contribution in [0.3, 0.4) is 0 Å². The topological polar surface area (TPSA) is 73.3 Å². The zero-order chi connectivity index (χ0) is 11.4. The van der Waals surface area contributed by atoms with E-state index >= 15 is 0 Å². The van der Waals surface area contributed by atoms with Gasteiger partial charge >= 0.3 is 0 Å². The van der Waals surface area contributed by atoms with Crippen LogP contribution in [0.2, 0.25) is 0 Å². The first-order valence-corrected chi connectivity index (χ1v) is 4.96. The maximum atomic E-state index is 9.33. The number of benzene rings is 1. The molecule has 3 N–H and O–H groups in total. The van der Waals surface area contributed by atoms with E-state index in [1.54, 1.807) is 35.3 Å². The number of hydrogen-bond donors (Lipinski definition) is 2. The summed E-state index contributed by atoms with van der Waals surface area (Å²) >= 11 is 0. The van der Waals surface area contributed by atoms with Gasteiger partial charge in [0.1, 0.15) is 12.4 Å². The van der Waals surface area contributed by atoms with Gasteiger partial charge in [-0.25, -0.2) is 4.68 Å². The maximum absolute atomic E-state index is 9.33. The van der Waals surface area contributed by atoms with E-state index in [9.17, 15) is 5.11 Å². The molecular weight excluding hydrogens is 206 g/mol. The van der Waals surface area contributed by atoms with Crippen LogP contribution in [0.1, 0.15) is 0 Å². The Morgan fingerprint density at radius 2 is 2.31 bits per heavy atom. The molecule has 5 heteroatoms. The van der Waals surface area contributed by atoms with E-state index in [1.807, 2.05) is 6.07 Å². The van der Waals surface area contributed by atoms with Crippen LogP contribution in [0.5, 0.6) is 11.5 Å². The summed E-state index contributed by atoms with van der Waals surface area (Å²) < 4.78 is 6.95. The van der Waals surface area contributed by atoms with Crippen LogP contribution in [0.15, 0.2) is 36.7 Å². The molecule has 0 saturated heterocycles. The minimum atomic E-state index is 0.206. The number of hydrogen-bond acceptors (Lipinski definition) is 4. The number of rotatable bonds is 4. The minimum absolute atomic E-state index is 0.206. The van der Waals surface area contributed by atoms with Crippen molar-refractivity contribution in [3.63, 3.8) is 0 Å². The number of ether oxygens (including phenoxy) is 1. The number of phenols is 1. The molecule has 84 valence electrons. The third-order valence-electron chi connectivity index (χ3n) is 2.04. The lowest BCUT2D eigenvalue weighted by Crippen LogP contribution is -2.10. The average molecular weight is 219 g/mol. The summed E-state index contributed by atoms with van der Waals surface area (Å²) in [6.07, 6.45) is 3.35. The summed E-state index contributed by atoms with van der Waals surface area (Å²) in [5, 5.41) is 13.5. The fourth-order valence-electron chi connectivity index (χ4n) is 1.33. The summed E-state index contributed by atoms with van der Waals surface area (Å²) in [7, 11) is 0. The molecule has 1 aromatic carbocycles. The molecule has 2 rings (SSSR count). The molecule has 0 bridgehead atoms. The molecule has 2 aromatic rings. The Hall–Kier alpha value is -2.01. The van der Waals surface area contributed by atoms with Crippen LogP contribution < -0.4 is 10.5 Å². The van der Waals surface area contributed by atoms with Crippen molar-refractivity contribution in [3.8, 4) is 17.2 Å². The summed E-state index contributed by atoms with van der Waals surface area (Å²) in [5.74, 6) is 0.867. The Bertz CT molecular complexity index is 468. The predicted octanol–water partition coefficient (Wildman–Crippen LogP) is 0.915. The summed E-state index contributed by atoms with van der Waals surface area (Å²) in [4.78, 5) is 0. The van der Waals surface area contributed by atoms with Crippen LogP contribution in [0.25, 0.3) is 5.69 Å². The zero-order valence-electron chi connectivity index (χ0n) is 8.71. The van der Waals surface area contributed by atoms with Gasteiger partial charge < -0.3 is 15.6 Å². The van der Waals surface area contributed by atoms with Crippen LogP contribution in [0, 0.1) is 0 Å². The largest absolute Gasteiger partial charge is 0.508 e. The van der Waals surface area contributed by atoms with Gasteiger partial charge in [-0.05, 0) is 12.1 Å². The highest BCUT2D eigenvalue weighted by atomic mass is 16.5. The molecule has 0 radical (unpaired) electrons. The molecule has 1 heterocycles. The highest BCUT2D eigenvalue weighted by Gasteiger charge is 2.01. The van der Waals surface area contributed by atoms with Crippen LogP contribution in [-0.2, 0) is 0 Å². The van der Waals surface area contributed by atoms with E-state index in [-0.39, 0.29) is 5.75 Å². The van der Waals surface area contributed by atoms with Gasteiger partial charge in [0, 0.05) is 12.6 Å². The first kappa shape index (κ1) is 10.5. The number of phenolic OH excluding ortho intramolecular Hbond substituents is 1. The maximum Gasteiger partial charge on any atom is 0.157 e. The second-order valence-corrected chi connectivity index (χ2v) is 3.28. The molecule has 1 aromatic heterocycles. The predicted molar refractivity (Wildman–Crippen MR) is 59.8 cm³/mol. The highest BCUT2D eigenvalue weighted by Crippen LogP contribution is 2.17. The molecule has 0 aliphatic heterocycles. The Morgan fingerprint density at radius 1 is 1.44 bits per heavy atom. The van der Waals surface area contributed by atoms with E-state index in [1.165, 1.54) is 0 Å². The molecule has 0 atom stereocenters. The van der Waals surface area contributed by atoms with E-state index in [4.69, 9.17) is 10.5 Å². The minimum Gasteiger partial charge on any atom is -0.508 e. The third-order valence-corrected chi connectivity index (χ3v) is 2.04. The molecule has 0 spiro atoms. The van der Waals surface area contributed by atoms with Gasteiger partial charge in [0.15, 0.2) is 5.75 Å². The zero-order valence-corrected chi connectivity index (χ0v) is 8.71. The van der Waals surface area contributed by atoms with Gasteiger partial charge in [-0.2, -0.15) is 5.10 Å². The van der Waals surface area contributed by atoms with Crippen molar-refractivity contribution < 1.29 is 9.84 Å². The van der Waals surface area contributed by atoms with Crippen molar-refractivity contribution in [2.24, 2.45) is 5.73 Å². The molecule has 16 heavy (non-hydrogen) atoms. The molecule has 0 aliphatic carbocycles. The van der Waals surface area contributed by atoms with Crippen molar-refractivity contribution in [3.05, 3.63) is 36.7 Å². The summed E-state index contributed by atoms with van der Waals surface area (Å²) in [5.41, 5.74) is 6.11. The molecule has 0 fully saturated rings. The molecular formula is C11H13N3O2. The standard InChI is InChI=1S/C11H13N3O2/c12-4-5-16-11-7-13-14(8-11)9-2-1-3-10(15)6-9/h1-3,6-8,15H,4-5,12H2. The van der Waals surface area contributed by atoms with Crippen molar-refractivity contribution >= 4 is 0 Å². The summed E-state index contributed by atoms with van der Waals surface area (Å²) in [6.45, 7) is 0.934. The normalized spacial score (nSPS) is 10.3. The Morgan fingerprint density at radius 3 is 3.06 bits per heavy atom. The van der Waals surface area contributed by atoms with Crippen molar-refractivity contribution in [1.82, 2.24) is 9.78 Å². The quantitative estimate of drug-likeness (QED) is 0.801. The Labute approximate surface area is 93.1 Å². The Kier molecular flexibility index (Phi) is 3.07. The van der Waals surface area contributed by atoms with Gasteiger partial charge in [-0.15, -0.1) is 0 Å². The fraction of sp³-hybridized carbons (Fsp3) is 0.182. The van der Waals surface area contributed by atoms with Gasteiger partial charge in [0.05, 0.1) is 18.1 Å². The van der Waals surface area contributed by atoms with Gasteiger partial charge in [0.25, 0.3) is 0 Å². The number of aromatic nitrogens is 2. The highest BCUT2D eigenvalue weighted by molar-refractivity contribution is 5.38. The van der Waals surface area contributed by atoms with E-state index < -0.39 is 0 Å². The SMILES string of the molecule is NCCOc1cnn(-c2cccc(O)c2)c1. The van der Waals surface area contributed by atoms with E-state index in [0.29, 0.717) is 18.9 Å². The monoisotopic (exact) mass is 219 g/mol. The fourth-order valence-corrected chi connectivity index (χ4v) is 1.33. The molecule has 0 saturated carbocycles. The average Bonchev–Trinajstić information content (AvgIpc) is 2.75. The lowest BCUT2D eigenvalue weighted by molar-refractivity contribution is 0.328. The first-order valence-electron chi connectivity index (χ1n) is 4.96. The smallest absolute Gasteiger partial charge is 0.157 e. The van der Waals surface area contributed by atoms with Crippen molar-refractivity contribution in [2.75, 3.05) is 13.2 Å². The second kappa shape index (κ2) is 4.67. The number of nitrogens with two attached hydrogens (primary N) is 1. The third kappa shape index (κ3) is 2.32. The number of aromatic hydroxyl groups is 1. The molecule has 5 nitrogen and oxygen atoms in total. The van der Waals surface area contributed by atoms with Crippen molar-refractivity contribution in [1.29, 1.82) is 0 Å².